The summed E-state index contributed by atoms with van der Waals surface area (Å²) < 4.78 is 2.24. The lowest BCUT2D eigenvalue weighted by atomic mass is 10.1. The maximum Gasteiger partial charge on any atom is 0.221 e. The van der Waals surface area contributed by atoms with Crippen molar-refractivity contribution in [1.29, 1.82) is 0 Å². The first-order valence-corrected chi connectivity index (χ1v) is 9.95. The van der Waals surface area contributed by atoms with E-state index in [1.807, 2.05) is 24.3 Å². The number of nitrogens with one attached hydrogen (secondary N) is 1. The molecule has 3 nitrogen and oxygen atoms in total. The average molecular weight is 355 g/mol. The topological polar surface area (TPSA) is 42.0 Å². The first-order valence-electron chi connectivity index (χ1n) is 8.15. The van der Waals surface area contributed by atoms with Gasteiger partial charge in [0.1, 0.15) is 0 Å². The molecule has 0 radical (unpaired) electrons. The minimum absolute atomic E-state index is 0.130. The Morgan fingerprint density at radius 2 is 2.04 bits per heavy atom. The average Bonchev–Trinajstić information content (AvgIpc) is 3.19. The quantitative estimate of drug-likeness (QED) is 0.682. The Morgan fingerprint density at radius 1 is 1.21 bits per heavy atom. The normalized spacial score (nSPS) is 16.2. The molecule has 1 aliphatic carbocycles. The van der Waals surface area contributed by atoms with Crippen LogP contribution < -0.4 is 5.32 Å². The maximum atomic E-state index is 12.2. The van der Waals surface area contributed by atoms with Crippen molar-refractivity contribution in [2.75, 3.05) is 5.75 Å². The van der Waals surface area contributed by atoms with Crippen LogP contribution in [0.4, 0.5) is 0 Å². The third kappa shape index (κ3) is 3.32. The SMILES string of the molecule is O=C(CCSc1nc2ccccc2s1)N[C@H]1CCc2ccccc21. The molecule has 0 fully saturated rings. The Balaban J connectivity index is 1.29. The second-order valence-electron chi connectivity index (χ2n) is 5.90. The maximum absolute atomic E-state index is 12.2. The molecule has 24 heavy (non-hydrogen) atoms. The molecule has 4 rings (SSSR count). The highest BCUT2D eigenvalue weighted by atomic mass is 32.2. The molecule has 0 spiro atoms. The molecule has 1 N–H and O–H groups in total. The van der Waals surface area contributed by atoms with Crippen molar-refractivity contribution in [3.63, 3.8) is 0 Å². The van der Waals surface area contributed by atoms with Gasteiger partial charge in [0.05, 0.1) is 16.3 Å². The van der Waals surface area contributed by atoms with Gasteiger partial charge >= 0.3 is 0 Å². The van der Waals surface area contributed by atoms with E-state index >= 15 is 0 Å². The summed E-state index contributed by atoms with van der Waals surface area (Å²) in [5, 5.41) is 3.18. The standard InChI is InChI=1S/C19H18N2OS2/c22-18(20-15-10-9-13-5-1-2-6-14(13)15)11-12-23-19-21-16-7-3-4-8-17(16)24-19/h1-8,15H,9-12H2,(H,20,22)/t15-/m0/s1. The highest BCUT2D eigenvalue weighted by Crippen LogP contribution is 2.31. The number of rotatable bonds is 5. The molecular formula is C19H18N2OS2. The number of carbonyl (C=O) groups is 1. The van der Waals surface area contributed by atoms with Crippen LogP contribution >= 0.6 is 23.1 Å². The highest BCUT2D eigenvalue weighted by Gasteiger charge is 2.23. The second kappa shape index (κ2) is 6.95. The number of aromatic nitrogens is 1. The Labute approximate surface area is 149 Å². The fourth-order valence-corrected chi connectivity index (χ4v) is 5.19. The molecule has 0 saturated carbocycles. The largest absolute Gasteiger partial charge is 0.349 e. The summed E-state index contributed by atoms with van der Waals surface area (Å²) in [6.07, 6.45) is 2.59. The number of benzene rings is 2. The van der Waals surface area contributed by atoms with E-state index in [0.717, 1.165) is 28.5 Å². The molecule has 1 aromatic heterocycles. The van der Waals surface area contributed by atoms with Gasteiger partial charge in [0.25, 0.3) is 0 Å². The minimum atomic E-state index is 0.130. The van der Waals surface area contributed by atoms with E-state index in [4.69, 9.17) is 0 Å². The highest BCUT2D eigenvalue weighted by molar-refractivity contribution is 8.01. The Kier molecular flexibility index (Phi) is 4.54. The lowest BCUT2D eigenvalue weighted by Crippen LogP contribution is -2.27. The van der Waals surface area contributed by atoms with E-state index in [-0.39, 0.29) is 11.9 Å². The van der Waals surface area contributed by atoms with Crippen molar-refractivity contribution in [2.45, 2.75) is 29.6 Å². The van der Waals surface area contributed by atoms with Crippen LogP contribution in [-0.2, 0) is 11.2 Å². The number of fused-ring (bicyclic) bond motifs is 2. The fourth-order valence-electron chi connectivity index (χ4n) is 3.12. The number of amides is 1. The van der Waals surface area contributed by atoms with E-state index in [9.17, 15) is 4.79 Å². The van der Waals surface area contributed by atoms with Crippen molar-refractivity contribution in [2.24, 2.45) is 0 Å². The van der Waals surface area contributed by atoms with Gasteiger partial charge in [-0.1, -0.05) is 48.2 Å². The molecule has 5 heteroatoms. The van der Waals surface area contributed by atoms with Gasteiger partial charge < -0.3 is 5.32 Å². The summed E-state index contributed by atoms with van der Waals surface area (Å²) in [5.74, 6) is 0.894. The number of thiazole rings is 1. The number of thioether (sulfide) groups is 1. The molecule has 122 valence electrons. The van der Waals surface area contributed by atoms with Crippen molar-refractivity contribution in [1.82, 2.24) is 10.3 Å². The monoisotopic (exact) mass is 354 g/mol. The molecule has 0 bridgehead atoms. The molecule has 0 saturated heterocycles. The number of hydrogen-bond acceptors (Lipinski definition) is 4. The van der Waals surface area contributed by atoms with Gasteiger partial charge in [-0.15, -0.1) is 11.3 Å². The molecule has 1 aliphatic rings. The van der Waals surface area contributed by atoms with Gasteiger partial charge in [-0.3, -0.25) is 4.79 Å². The van der Waals surface area contributed by atoms with Crippen LogP contribution in [-0.4, -0.2) is 16.6 Å². The van der Waals surface area contributed by atoms with Crippen molar-refractivity contribution < 1.29 is 4.79 Å². The minimum Gasteiger partial charge on any atom is -0.349 e. The third-order valence-electron chi connectivity index (χ3n) is 4.30. The molecule has 0 unspecified atom stereocenters. The van der Waals surface area contributed by atoms with Gasteiger partial charge in [0.15, 0.2) is 4.34 Å². The number of aryl methyl sites for hydroxylation is 1. The van der Waals surface area contributed by atoms with Gasteiger partial charge in [-0.25, -0.2) is 4.98 Å². The van der Waals surface area contributed by atoms with E-state index in [1.54, 1.807) is 23.1 Å². The molecule has 1 amide bonds. The fraction of sp³-hybridized carbons (Fsp3) is 0.263. The van der Waals surface area contributed by atoms with Crippen LogP contribution in [0.25, 0.3) is 10.2 Å². The number of para-hydroxylation sites is 1. The third-order valence-corrected chi connectivity index (χ3v) is 6.48. The summed E-state index contributed by atoms with van der Waals surface area (Å²) in [6, 6.07) is 16.7. The van der Waals surface area contributed by atoms with E-state index < -0.39 is 0 Å². The molecule has 2 aromatic carbocycles. The first kappa shape index (κ1) is 15.7. The van der Waals surface area contributed by atoms with Crippen LogP contribution in [0.3, 0.4) is 0 Å². The van der Waals surface area contributed by atoms with Crippen molar-refractivity contribution >= 4 is 39.2 Å². The number of hydrogen-bond donors (Lipinski definition) is 1. The Hall–Kier alpha value is -1.85. The summed E-state index contributed by atoms with van der Waals surface area (Å²) in [4.78, 5) is 16.8. The Bertz CT molecular complexity index is 841. The zero-order chi connectivity index (χ0) is 16.4. The van der Waals surface area contributed by atoms with E-state index in [1.165, 1.54) is 15.8 Å². The van der Waals surface area contributed by atoms with Crippen LogP contribution in [0.15, 0.2) is 52.9 Å². The summed E-state index contributed by atoms with van der Waals surface area (Å²) in [7, 11) is 0. The van der Waals surface area contributed by atoms with Crippen LogP contribution in [0, 0.1) is 0 Å². The van der Waals surface area contributed by atoms with E-state index in [2.05, 4.69) is 34.6 Å². The van der Waals surface area contributed by atoms with Crippen LogP contribution in [0.2, 0.25) is 0 Å². The lowest BCUT2D eigenvalue weighted by molar-refractivity contribution is -0.121. The zero-order valence-electron chi connectivity index (χ0n) is 13.2. The van der Waals surface area contributed by atoms with Crippen molar-refractivity contribution in [3.05, 3.63) is 59.7 Å². The van der Waals surface area contributed by atoms with Crippen LogP contribution in [0.5, 0.6) is 0 Å². The Morgan fingerprint density at radius 3 is 2.96 bits per heavy atom. The smallest absolute Gasteiger partial charge is 0.221 e. The molecule has 1 atom stereocenters. The summed E-state index contributed by atoms with van der Waals surface area (Å²) in [5.41, 5.74) is 3.69. The number of carbonyl (C=O) groups excluding carboxylic acids is 1. The van der Waals surface area contributed by atoms with Gasteiger partial charge in [-0.2, -0.15) is 0 Å². The molecule has 0 aliphatic heterocycles. The molecule has 3 aromatic rings. The summed E-state index contributed by atoms with van der Waals surface area (Å²) in [6.45, 7) is 0. The second-order valence-corrected chi connectivity index (χ2v) is 8.28. The van der Waals surface area contributed by atoms with Gasteiger partial charge in [-0.05, 0) is 36.1 Å². The summed E-state index contributed by atoms with van der Waals surface area (Å²) >= 11 is 3.36. The lowest BCUT2D eigenvalue weighted by Gasteiger charge is -2.13. The van der Waals surface area contributed by atoms with Gasteiger partial charge in [0.2, 0.25) is 5.91 Å². The van der Waals surface area contributed by atoms with Crippen LogP contribution in [0.1, 0.15) is 30.0 Å². The predicted molar refractivity (Wildman–Crippen MR) is 101 cm³/mol. The van der Waals surface area contributed by atoms with Crippen molar-refractivity contribution in [3.8, 4) is 0 Å². The first-order chi connectivity index (χ1) is 11.8. The zero-order valence-corrected chi connectivity index (χ0v) is 14.8. The van der Waals surface area contributed by atoms with Gasteiger partial charge in [0, 0.05) is 12.2 Å². The molecular weight excluding hydrogens is 336 g/mol. The predicted octanol–water partition coefficient (Wildman–Crippen LogP) is 4.58. The molecule has 1 heterocycles. The number of nitrogens with zero attached hydrogens (tertiary/aromatic N) is 1. The van der Waals surface area contributed by atoms with E-state index in [0.29, 0.717) is 6.42 Å².